The maximum atomic E-state index is 13.3. The number of nitrogens with zero attached hydrogens (tertiary/aromatic N) is 1. The van der Waals surface area contributed by atoms with Crippen molar-refractivity contribution >= 4 is 5.91 Å². The van der Waals surface area contributed by atoms with Crippen molar-refractivity contribution in [3.8, 4) is 11.5 Å². The summed E-state index contributed by atoms with van der Waals surface area (Å²) in [5.41, 5.74) is 1.45. The van der Waals surface area contributed by atoms with Crippen LogP contribution in [0.15, 0.2) is 18.2 Å². The van der Waals surface area contributed by atoms with Crippen molar-refractivity contribution in [3.05, 3.63) is 23.8 Å². The predicted octanol–water partition coefficient (Wildman–Crippen LogP) is 5.22. The van der Waals surface area contributed by atoms with Gasteiger partial charge >= 0.3 is 0 Å². The van der Waals surface area contributed by atoms with Gasteiger partial charge < -0.3 is 14.4 Å². The Morgan fingerprint density at radius 1 is 1.04 bits per heavy atom. The zero-order chi connectivity index (χ0) is 19.6. The number of methoxy groups -OCH3 is 2. The van der Waals surface area contributed by atoms with Crippen LogP contribution in [0.3, 0.4) is 0 Å². The minimum atomic E-state index is 0.124. The molecule has 1 aromatic rings. The Balaban J connectivity index is 1.72. The van der Waals surface area contributed by atoms with Gasteiger partial charge in [0.1, 0.15) is 11.5 Å². The fraction of sp³-hybridized carbons (Fsp3) is 0.696. The van der Waals surface area contributed by atoms with E-state index >= 15 is 0 Å². The summed E-state index contributed by atoms with van der Waals surface area (Å²) in [4.78, 5) is 15.4. The third-order valence-electron chi connectivity index (χ3n) is 6.64. The summed E-state index contributed by atoms with van der Waals surface area (Å²) in [6.45, 7) is 7.84. The molecule has 0 N–H and O–H groups in total. The summed E-state index contributed by atoms with van der Waals surface area (Å²) in [6.07, 6.45) is 6.47. The Morgan fingerprint density at radius 3 is 2.33 bits per heavy atom. The van der Waals surface area contributed by atoms with Crippen LogP contribution in [0.5, 0.6) is 11.5 Å². The second kappa shape index (κ2) is 8.12. The molecule has 1 atom stereocenters. The number of likely N-dealkylation sites (tertiary alicyclic amines) is 1. The molecule has 1 amide bonds. The number of carbonyl (C=O) groups excluding carboxylic acids is 1. The fourth-order valence-corrected chi connectivity index (χ4v) is 4.89. The molecular formula is C23H35NO3. The lowest BCUT2D eigenvalue weighted by atomic mass is 9.69. The summed E-state index contributed by atoms with van der Waals surface area (Å²) in [5.74, 6) is 2.87. The van der Waals surface area contributed by atoms with E-state index in [1.54, 1.807) is 14.2 Å². The smallest absolute Gasteiger partial charge is 0.226 e. The standard InChI is InChI=1S/C23H35NO3/c1-23(2,3)17-10-8-16(9-11-17)22(25)24-14-6-7-20(24)19-13-12-18(26-4)15-21(19)27-5/h12-13,15-17,20H,6-11,14H2,1-5H3. The zero-order valence-corrected chi connectivity index (χ0v) is 17.6. The van der Waals surface area contributed by atoms with Crippen molar-refractivity contribution < 1.29 is 14.3 Å². The molecule has 1 aliphatic carbocycles. The van der Waals surface area contributed by atoms with Crippen molar-refractivity contribution in [2.45, 2.75) is 65.3 Å². The van der Waals surface area contributed by atoms with E-state index in [-0.39, 0.29) is 12.0 Å². The second-order valence-electron chi connectivity index (χ2n) is 9.21. The van der Waals surface area contributed by atoms with Gasteiger partial charge in [-0.3, -0.25) is 4.79 Å². The molecule has 1 aromatic carbocycles. The van der Waals surface area contributed by atoms with Crippen LogP contribution >= 0.6 is 0 Å². The number of amides is 1. The highest BCUT2D eigenvalue weighted by Crippen LogP contribution is 2.43. The highest BCUT2D eigenvalue weighted by Gasteiger charge is 2.38. The highest BCUT2D eigenvalue weighted by molar-refractivity contribution is 5.80. The first kappa shape index (κ1) is 20.0. The van der Waals surface area contributed by atoms with E-state index in [1.165, 1.54) is 12.8 Å². The lowest BCUT2D eigenvalue weighted by Gasteiger charge is -2.38. The molecule has 2 aliphatic rings. The van der Waals surface area contributed by atoms with Crippen molar-refractivity contribution in [2.75, 3.05) is 20.8 Å². The molecule has 4 nitrogen and oxygen atoms in total. The van der Waals surface area contributed by atoms with Crippen molar-refractivity contribution in [3.63, 3.8) is 0 Å². The molecule has 3 rings (SSSR count). The van der Waals surface area contributed by atoms with Crippen molar-refractivity contribution in [2.24, 2.45) is 17.3 Å². The average molecular weight is 374 g/mol. The third-order valence-corrected chi connectivity index (χ3v) is 6.64. The molecule has 0 radical (unpaired) electrons. The highest BCUT2D eigenvalue weighted by atomic mass is 16.5. The van der Waals surface area contributed by atoms with Crippen LogP contribution in [0.4, 0.5) is 0 Å². The average Bonchev–Trinajstić information content (AvgIpc) is 3.15. The van der Waals surface area contributed by atoms with Gasteiger partial charge in [0.25, 0.3) is 0 Å². The zero-order valence-electron chi connectivity index (χ0n) is 17.6. The predicted molar refractivity (Wildman–Crippen MR) is 108 cm³/mol. The maximum absolute atomic E-state index is 13.3. The Morgan fingerprint density at radius 2 is 1.74 bits per heavy atom. The Kier molecular flexibility index (Phi) is 6.02. The summed E-state index contributed by atoms with van der Waals surface area (Å²) in [6, 6.07) is 6.07. The topological polar surface area (TPSA) is 38.8 Å². The Labute approximate surface area is 164 Å². The van der Waals surface area contributed by atoms with Crippen LogP contribution in [-0.4, -0.2) is 31.6 Å². The lowest BCUT2D eigenvalue weighted by Crippen LogP contribution is -2.38. The van der Waals surface area contributed by atoms with Crippen LogP contribution in [0.2, 0.25) is 0 Å². The first-order chi connectivity index (χ1) is 12.8. The van der Waals surface area contributed by atoms with Crippen LogP contribution in [0.25, 0.3) is 0 Å². The number of carbonyl (C=O) groups is 1. The molecule has 1 heterocycles. The monoisotopic (exact) mass is 373 g/mol. The lowest BCUT2D eigenvalue weighted by molar-refractivity contribution is -0.138. The number of hydrogen-bond donors (Lipinski definition) is 0. The molecule has 0 spiro atoms. The first-order valence-electron chi connectivity index (χ1n) is 10.4. The summed E-state index contributed by atoms with van der Waals surface area (Å²) in [5, 5.41) is 0. The summed E-state index contributed by atoms with van der Waals surface area (Å²) < 4.78 is 10.9. The van der Waals surface area contributed by atoms with Gasteiger partial charge in [0, 0.05) is 24.1 Å². The van der Waals surface area contributed by atoms with Crippen LogP contribution in [0.1, 0.15) is 70.9 Å². The number of benzene rings is 1. The molecular weight excluding hydrogens is 338 g/mol. The molecule has 0 aromatic heterocycles. The van der Waals surface area contributed by atoms with Gasteiger partial charge in [0.2, 0.25) is 5.91 Å². The molecule has 4 heteroatoms. The van der Waals surface area contributed by atoms with Gasteiger partial charge in [-0.2, -0.15) is 0 Å². The van der Waals surface area contributed by atoms with Gasteiger partial charge in [-0.15, -0.1) is 0 Å². The normalized spacial score (nSPS) is 26.1. The van der Waals surface area contributed by atoms with E-state index in [4.69, 9.17) is 9.47 Å². The van der Waals surface area contributed by atoms with Crippen LogP contribution in [0, 0.1) is 17.3 Å². The third kappa shape index (κ3) is 4.25. The van der Waals surface area contributed by atoms with Crippen molar-refractivity contribution in [1.82, 2.24) is 4.90 Å². The van der Waals surface area contributed by atoms with E-state index in [0.29, 0.717) is 11.3 Å². The van der Waals surface area contributed by atoms with Gasteiger partial charge in [-0.1, -0.05) is 20.8 Å². The van der Waals surface area contributed by atoms with E-state index in [9.17, 15) is 4.79 Å². The van der Waals surface area contributed by atoms with Crippen LogP contribution < -0.4 is 9.47 Å². The van der Waals surface area contributed by atoms with Crippen molar-refractivity contribution in [1.29, 1.82) is 0 Å². The minimum absolute atomic E-state index is 0.124. The van der Waals surface area contributed by atoms with Gasteiger partial charge in [-0.25, -0.2) is 0 Å². The minimum Gasteiger partial charge on any atom is -0.497 e. The Bertz CT molecular complexity index is 656. The second-order valence-corrected chi connectivity index (χ2v) is 9.21. The Hall–Kier alpha value is -1.71. The molecule has 1 unspecified atom stereocenters. The van der Waals surface area contributed by atoms with E-state index in [2.05, 4.69) is 31.7 Å². The molecule has 27 heavy (non-hydrogen) atoms. The molecule has 1 aliphatic heterocycles. The largest absolute Gasteiger partial charge is 0.497 e. The number of rotatable bonds is 4. The molecule has 1 saturated carbocycles. The molecule has 150 valence electrons. The van der Waals surface area contributed by atoms with Gasteiger partial charge in [0.05, 0.1) is 20.3 Å². The van der Waals surface area contributed by atoms with Crippen LogP contribution in [-0.2, 0) is 4.79 Å². The summed E-state index contributed by atoms with van der Waals surface area (Å²) in [7, 11) is 3.35. The van der Waals surface area contributed by atoms with Gasteiger partial charge in [0.15, 0.2) is 0 Å². The molecule has 2 fully saturated rings. The fourth-order valence-electron chi connectivity index (χ4n) is 4.89. The number of hydrogen-bond acceptors (Lipinski definition) is 3. The van der Waals surface area contributed by atoms with E-state index < -0.39 is 0 Å². The quantitative estimate of drug-likeness (QED) is 0.726. The van der Waals surface area contributed by atoms with Gasteiger partial charge in [-0.05, 0) is 62.0 Å². The van der Waals surface area contributed by atoms with E-state index in [1.807, 2.05) is 12.1 Å². The first-order valence-corrected chi connectivity index (χ1v) is 10.4. The van der Waals surface area contributed by atoms with E-state index in [0.717, 1.165) is 55.2 Å². The SMILES string of the molecule is COc1ccc(C2CCCN2C(=O)C2CCC(C(C)(C)C)CC2)c(OC)c1. The maximum Gasteiger partial charge on any atom is 0.226 e. The summed E-state index contributed by atoms with van der Waals surface area (Å²) >= 11 is 0. The molecule has 1 saturated heterocycles. The number of ether oxygens (including phenoxy) is 2. The molecule has 0 bridgehead atoms.